The fraction of sp³-hybridized carbons (Fsp3) is 0.579. The largest absolute Gasteiger partial charge is 0.480 e. The molecular weight excluding hydrogens is 336 g/mol. The predicted molar refractivity (Wildman–Crippen MR) is 95.2 cm³/mol. The molecule has 2 heterocycles. The predicted octanol–water partition coefficient (Wildman–Crippen LogP) is 1.10. The van der Waals surface area contributed by atoms with Gasteiger partial charge < -0.3 is 14.9 Å². The van der Waals surface area contributed by atoms with E-state index in [0.29, 0.717) is 45.3 Å². The normalized spacial score (nSPS) is 22.6. The van der Waals surface area contributed by atoms with Gasteiger partial charge in [-0.1, -0.05) is 30.3 Å². The Hall–Kier alpha value is -1.96. The van der Waals surface area contributed by atoms with E-state index in [-0.39, 0.29) is 0 Å². The van der Waals surface area contributed by atoms with Crippen LogP contribution in [0.4, 0.5) is 0 Å². The zero-order chi connectivity index (χ0) is 18.5. The Balaban J connectivity index is 1.71. The van der Waals surface area contributed by atoms with Crippen LogP contribution in [0.1, 0.15) is 24.3 Å². The SMILES string of the molecule is O=C(O)C(C(C(=O)O)N1CCC(c2ccccc2)CC1)N1CCOCC1. The monoisotopic (exact) mass is 362 g/mol. The molecule has 0 amide bonds. The topological polar surface area (TPSA) is 90.3 Å². The van der Waals surface area contributed by atoms with Crippen molar-refractivity contribution in [3.05, 3.63) is 35.9 Å². The summed E-state index contributed by atoms with van der Waals surface area (Å²) in [6.07, 6.45) is 1.67. The fourth-order valence-corrected chi connectivity index (χ4v) is 4.07. The molecule has 2 saturated heterocycles. The van der Waals surface area contributed by atoms with Crippen molar-refractivity contribution in [2.24, 2.45) is 0 Å². The van der Waals surface area contributed by atoms with E-state index in [0.717, 1.165) is 12.8 Å². The fourth-order valence-electron chi connectivity index (χ4n) is 4.07. The molecule has 2 aliphatic rings. The molecule has 2 unspecified atom stereocenters. The number of carbonyl (C=O) groups is 2. The highest BCUT2D eigenvalue weighted by molar-refractivity contribution is 5.85. The lowest BCUT2D eigenvalue weighted by Gasteiger charge is -2.42. The summed E-state index contributed by atoms with van der Waals surface area (Å²) < 4.78 is 5.28. The van der Waals surface area contributed by atoms with Crippen molar-refractivity contribution < 1.29 is 24.5 Å². The van der Waals surface area contributed by atoms with E-state index in [2.05, 4.69) is 12.1 Å². The summed E-state index contributed by atoms with van der Waals surface area (Å²) >= 11 is 0. The molecule has 2 aliphatic heterocycles. The number of benzene rings is 1. The third kappa shape index (κ3) is 4.23. The molecule has 142 valence electrons. The first kappa shape index (κ1) is 18.8. The van der Waals surface area contributed by atoms with Crippen LogP contribution in [0, 0.1) is 0 Å². The van der Waals surface area contributed by atoms with Crippen LogP contribution in [-0.4, -0.2) is 83.4 Å². The van der Waals surface area contributed by atoms with Gasteiger partial charge in [-0.3, -0.25) is 19.4 Å². The third-order valence-corrected chi connectivity index (χ3v) is 5.44. The number of hydrogen-bond donors (Lipinski definition) is 2. The minimum Gasteiger partial charge on any atom is -0.480 e. The Morgan fingerprint density at radius 2 is 1.38 bits per heavy atom. The zero-order valence-electron chi connectivity index (χ0n) is 14.8. The van der Waals surface area contributed by atoms with Gasteiger partial charge in [0.25, 0.3) is 0 Å². The first-order valence-electron chi connectivity index (χ1n) is 9.14. The van der Waals surface area contributed by atoms with Crippen LogP contribution < -0.4 is 0 Å². The number of ether oxygens (including phenoxy) is 1. The van der Waals surface area contributed by atoms with Gasteiger partial charge in [-0.25, -0.2) is 0 Å². The van der Waals surface area contributed by atoms with E-state index >= 15 is 0 Å². The second kappa shape index (κ2) is 8.62. The standard InChI is InChI=1S/C19H26N2O5/c22-18(23)16(17(19(24)25)21-10-12-26-13-11-21)20-8-6-15(7-9-20)14-4-2-1-3-5-14/h1-5,15-17H,6-13H2,(H,22,23)(H,24,25). The molecule has 7 heteroatoms. The Labute approximate surface area is 153 Å². The molecular formula is C19H26N2O5. The smallest absolute Gasteiger partial charge is 0.323 e. The number of hydrogen-bond acceptors (Lipinski definition) is 5. The number of aliphatic carboxylic acids is 2. The minimum absolute atomic E-state index is 0.397. The van der Waals surface area contributed by atoms with Gasteiger partial charge in [-0.15, -0.1) is 0 Å². The van der Waals surface area contributed by atoms with Crippen molar-refractivity contribution >= 4 is 11.9 Å². The molecule has 26 heavy (non-hydrogen) atoms. The molecule has 0 radical (unpaired) electrons. The average Bonchev–Trinajstić information content (AvgIpc) is 2.67. The minimum atomic E-state index is -1.08. The molecule has 0 saturated carbocycles. The Kier molecular flexibility index (Phi) is 6.24. The average molecular weight is 362 g/mol. The Bertz CT molecular complexity index is 610. The van der Waals surface area contributed by atoms with E-state index in [1.807, 2.05) is 23.1 Å². The van der Waals surface area contributed by atoms with E-state index in [1.165, 1.54) is 5.56 Å². The number of morpholine rings is 1. The molecule has 0 aliphatic carbocycles. The summed E-state index contributed by atoms with van der Waals surface area (Å²) in [5.74, 6) is -1.75. The number of carboxylic acid groups (broad SMARTS) is 2. The maximum Gasteiger partial charge on any atom is 0.323 e. The first-order chi connectivity index (χ1) is 12.6. The van der Waals surface area contributed by atoms with Crippen molar-refractivity contribution in [1.29, 1.82) is 0 Å². The third-order valence-electron chi connectivity index (χ3n) is 5.44. The molecule has 2 atom stereocenters. The summed E-state index contributed by atoms with van der Waals surface area (Å²) in [6.45, 7) is 2.94. The highest BCUT2D eigenvalue weighted by Gasteiger charge is 2.43. The van der Waals surface area contributed by atoms with Crippen LogP contribution in [0.15, 0.2) is 30.3 Å². The first-order valence-corrected chi connectivity index (χ1v) is 9.14. The lowest BCUT2D eigenvalue weighted by molar-refractivity contribution is -0.160. The number of nitrogens with zero attached hydrogens (tertiary/aromatic N) is 2. The summed E-state index contributed by atoms with van der Waals surface area (Å²) in [5.41, 5.74) is 1.27. The summed E-state index contributed by atoms with van der Waals surface area (Å²) in [5, 5.41) is 19.5. The summed E-state index contributed by atoms with van der Waals surface area (Å²) in [4.78, 5) is 27.4. The number of piperidine rings is 1. The Morgan fingerprint density at radius 3 is 1.88 bits per heavy atom. The quantitative estimate of drug-likeness (QED) is 0.783. The second-order valence-electron chi connectivity index (χ2n) is 6.94. The van der Waals surface area contributed by atoms with Gasteiger partial charge in [0.15, 0.2) is 0 Å². The van der Waals surface area contributed by atoms with Gasteiger partial charge in [0.05, 0.1) is 13.2 Å². The molecule has 1 aromatic carbocycles. The van der Waals surface area contributed by atoms with Gasteiger partial charge in [-0.05, 0) is 37.4 Å². The summed E-state index contributed by atoms with van der Waals surface area (Å²) in [6, 6.07) is 8.12. The summed E-state index contributed by atoms with van der Waals surface area (Å²) in [7, 11) is 0. The van der Waals surface area contributed by atoms with Crippen LogP contribution in [0.25, 0.3) is 0 Å². The molecule has 3 rings (SSSR count). The van der Waals surface area contributed by atoms with Crippen molar-refractivity contribution in [2.45, 2.75) is 30.8 Å². The Morgan fingerprint density at radius 1 is 0.885 bits per heavy atom. The highest BCUT2D eigenvalue weighted by Crippen LogP contribution is 2.29. The van der Waals surface area contributed by atoms with Crippen molar-refractivity contribution in [1.82, 2.24) is 9.80 Å². The number of likely N-dealkylation sites (tertiary alicyclic amines) is 1. The maximum absolute atomic E-state index is 12.0. The lowest BCUT2D eigenvalue weighted by atomic mass is 9.88. The molecule has 0 bridgehead atoms. The number of rotatable bonds is 6. The van der Waals surface area contributed by atoms with E-state index in [9.17, 15) is 19.8 Å². The molecule has 2 fully saturated rings. The maximum atomic E-state index is 12.0. The molecule has 1 aromatic rings. The van der Waals surface area contributed by atoms with Gasteiger partial charge in [-0.2, -0.15) is 0 Å². The highest BCUT2D eigenvalue weighted by atomic mass is 16.5. The van der Waals surface area contributed by atoms with Crippen molar-refractivity contribution in [3.8, 4) is 0 Å². The molecule has 0 aromatic heterocycles. The van der Waals surface area contributed by atoms with Crippen LogP contribution >= 0.6 is 0 Å². The van der Waals surface area contributed by atoms with Crippen LogP contribution in [0.3, 0.4) is 0 Å². The van der Waals surface area contributed by atoms with Gasteiger partial charge in [0.1, 0.15) is 12.1 Å². The van der Waals surface area contributed by atoms with E-state index < -0.39 is 24.0 Å². The van der Waals surface area contributed by atoms with Gasteiger partial charge in [0.2, 0.25) is 0 Å². The van der Waals surface area contributed by atoms with Crippen LogP contribution in [0.5, 0.6) is 0 Å². The molecule has 0 spiro atoms. The van der Waals surface area contributed by atoms with Crippen LogP contribution in [0.2, 0.25) is 0 Å². The molecule has 2 N–H and O–H groups in total. The van der Waals surface area contributed by atoms with Gasteiger partial charge >= 0.3 is 11.9 Å². The van der Waals surface area contributed by atoms with Crippen molar-refractivity contribution in [3.63, 3.8) is 0 Å². The van der Waals surface area contributed by atoms with Crippen LogP contribution in [-0.2, 0) is 14.3 Å². The molecule has 7 nitrogen and oxygen atoms in total. The van der Waals surface area contributed by atoms with E-state index in [1.54, 1.807) is 4.90 Å². The number of carboxylic acids is 2. The van der Waals surface area contributed by atoms with Crippen molar-refractivity contribution in [2.75, 3.05) is 39.4 Å². The van der Waals surface area contributed by atoms with E-state index in [4.69, 9.17) is 4.74 Å². The zero-order valence-corrected chi connectivity index (χ0v) is 14.8. The second-order valence-corrected chi connectivity index (χ2v) is 6.94. The lowest BCUT2D eigenvalue weighted by Crippen LogP contribution is -2.62. The van der Waals surface area contributed by atoms with Gasteiger partial charge in [0, 0.05) is 13.1 Å².